The van der Waals surface area contributed by atoms with Gasteiger partial charge in [0.05, 0.1) is 11.1 Å². The number of Topliss-reactive ketones (excluding diaryl/α,β-unsaturated/α-hetero) is 1. The van der Waals surface area contributed by atoms with Gasteiger partial charge in [0.15, 0.2) is 11.4 Å². The molecule has 2 aliphatic rings. The van der Waals surface area contributed by atoms with Crippen LogP contribution in [-0.4, -0.2) is 16.0 Å². The van der Waals surface area contributed by atoms with Crippen molar-refractivity contribution >= 4 is 5.78 Å². The third kappa shape index (κ3) is 2.07. The molecular formula is C21H17NO4. The molecule has 1 atom stereocenters. The number of nitrogens with zero attached hydrogens (tertiary/aromatic N) is 1. The van der Waals surface area contributed by atoms with Crippen LogP contribution in [0.2, 0.25) is 0 Å². The predicted octanol–water partition coefficient (Wildman–Crippen LogP) is 3.64. The number of fused-ring (bicyclic) bond motifs is 2. The van der Waals surface area contributed by atoms with Crippen LogP contribution in [0.5, 0.6) is 5.75 Å². The zero-order chi connectivity index (χ0) is 17.7. The van der Waals surface area contributed by atoms with E-state index in [2.05, 4.69) is 5.16 Å². The zero-order valence-corrected chi connectivity index (χ0v) is 14.1. The number of aryl methyl sites for hydroxylation is 1. The van der Waals surface area contributed by atoms with Crippen LogP contribution in [0.1, 0.15) is 40.1 Å². The molecule has 0 fully saturated rings. The van der Waals surface area contributed by atoms with Crippen molar-refractivity contribution in [2.24, 2.45) is 0 Å². The van der Waals surface area contributed by atoms with Gasteiger partial charge in [0, 0.05) is 12.0 Å². The van der Waals surface area contributed by atoms with E-state index in [0.717, 1.165) is 5.56 Å². The molecule has 0 bridgehead atoms. The number of ketones is 1. The molecule has 0 amide bonds. The monoisotopic (exact) mass is 347 g/mol. The first-order valence-corrected chi connectivity index (χ1v) is 8.75. The molecule has 0 saturated carbocycles. The van der Waals surface area contributed by atoms with Crippen molar-refractivity contribution in [1.82, 2.24) is 5.16 Å². The number of hydrogen-bond acceptors (Lipinski definition) is 5. The molecule has 2 aromatic carbocycles. The summed E-state index contributed by atoms with van der Waals surface area (Å²) in [6.45, 7) is 0.385. The molecule has 2 aliphatic carbocycles. The topological polar surface area (TPSA) is 72.6 Å². The van der Waals surface area contributed by atoms with E-state index in [1.165, 1.54) is 0 Å². The summed E-state index contributed by atoms with van der Waals surface area (Å²) in [6, 6.07) is 15.1. The predicted molar refractivity (Wildman–Crippen MR) is 93.9 cm³/mol. The first-order chi connectivity index (χ1) is 12.7. The molecule has 26 heavy (non-hydrogen) atoms. The van der Waals surface area contributed by atoms with Gasteiger partial charge in [-0.1, -0.05) is 47.6 Å². The zero-order valence-electron chi connectivity index (χ0n) is 14.1. The summed E-state index contributed by atoms with van der Waals surface area (Å²) in [7, 11) is 0. The summed E-state index contributed by atoms with van der Waals surface area (Å²) >= 11 is 0. The highest BCUT2D eigenvalue weighted by Crippen LogP contribution is 2.50. The molecule has 0 saturated heterocycles. The maximum Gasteiger partial charge on any atom is 0.199 e. The highest BCUT2D eigenvalue weighted by Gasteiger charge is 2.51. The second kappa shape index (κ2) is 5.54. The lowest BCUT2D eigenvalue weighted by molar-refractivity contribution is 0.0185. The van der Waals surface area contributed by atoms with Crippen molar-refractivity contribution in [2.75, 3.05) is 0 Å². The number of ether oxygens (including phenoxy) is 1. The summed E-state index contributed by atoms with van der Waals surface area (Å²) in [4.78, 5) is 13.1. The lowest BCUT2D eigenvalue weighted by Gasteiger charge is -2.34. The average molecular weight is 347 g/mol. The molecule has 5 heteroatoms. The van der Waals surface area contributed by atoms with E-state index in [9.17, 15) is 9.90 Å². The van der Waals surface area contributed by atoms with Gasteiger partial charge in [0.2, 0.25) is 0 Å². The van der Waals surface area contributed by atoms with Crippen molar-refractivity contribution < 1.29 is 19.2 Å². The molecule has 5 rings (SSSR count). The van der Waals surface area contributed by atoms with Gasteiger partial charge in [0.1, 0.15) is 23.8 Å². The van der Waals surface area contributed by atoms with E-state index < -0.39 is 5.60 Å². The SMILES string of the molecule is O=C1c2cccc(OCc3ccccc3)c2-c2noc3c2[C@]1(O)CCC3. The van der Waals surface area contributed by atoms with E-state index in [-0.39, 0.29) is 5.78 Å². The number of benzene rings is 2. The Morgan fingerprint density at radius 3 is 2.85 bits per heavy atom. The lowest BCUT2D eigenvalue weighted by atomic mass is 9.71. The van der Waals surface area contributed by atoms with Crippen LogP contribution in [0.4, 0.5) is 0 Å². The number of rotatable bonds is 3. The summed E-state index contributed by atoms with van der Waals surface area (Å²) < 4.78 is 11.5. The van der Waals surface area contributed by atoms with Gasteiger partial charge in [-0.25, -0.2) is 0 Å². The summed E-state index contributed by atoms with van der Waals surface area (Å²) in [5.41, 5.74) is 1.61. The Morgan fingerprint density at radius 1 is 1.15 bits per heavy atom. The minimum absolute atomic E-state index is 0.297. The second-order valence-corrected chi connectivity index (χ2v) is 6.83. The number of carbonyl (C=O) groups excluding carboxylic acids is 1. The minimum Gasteiger partial charge on any atom is -0.488 e. The minimum atomic E-state index is -1.53. The lowest BCUT2D eigenvalue weighted by Crippen LogP contribution is -2.41. The number of aliphatic hydroxyl groups is 1. The largest absolute Gasteiger partial charge is 0.488 e. The normalized spacial score (nSPS) is 20.4. The smallest absolute Gasteiger partial charge is 0.199 e. The third-order valence-electron chi connectivity index (χ3n) is 5.24. The van der Waals surface area contributed by atoms with Crippen molar-refractivity contribution in [1.29, 1.82) is 0 Å². The van der Waals surface area contributed by atoms with Gasteiger partial charge in [-0.05, 0) is 24.5 Å². The third-order valence-corrected chi connectivity index (χ3v) is 5.24. The average Bonchev–Trinajstić information content (AvgIpc) is 3.11. The van der Waals surface area contributed by atoms with E-state index in [1.54, 1.807) is 12.1 Å². The van der Waals surface area contributed by atoms with Gasteiger partial charge < -0.3 is 14.4 Å². The van der Waals surface area contributed by atoms with E-state index >= 15 is 0 Å². The molecule has 3 aromatic rings. The fourth-order valence-corrected chi connectivity index (χ4v) is 3.99. The standard InChI is InChI=1S/C21H17NO4/c23-20-14-8-4-9-15(25-12-13-6-2-1-3-7-13)17(14)19-18-16(26-22-19)10-5-11-21(18,20)24/h1-4,6-9,24H,5,10-12H2/t21-/m1/s1. The maximum atomic E-state index is 13.1. The Balaban J connectivity index is 1.62. The van der Waals surface area contributed by atoms with Crippen LogP contribution in [0.3, 0.4) is 0 Å². The van der Waals surface area contributed by atoms with Crippen LogP contribution >= 0.6 is 0 Å². The van der Waals surface area contributed by atoms with Crippen molar-refractivity contribution in [3.8, 4) is 17.0 Å². The number of hydrogen-bond donors (Lipinski definition) is 1. The Hall–Kier alpha value is -2.92. The molecule has 1 aromatic heterocycles. The molecule has 0 aliphatic heterocycles. The molecule has 1 heterocycles. The number of aromatic nitrogens is 1. The molecule has 0 spiro atoms. The first kappa shape index (κ1) is 15.3. The summed E-state index contributed by atoms with van der Waals surface area (Å²) in [6.07, 6.45) is 1.77. The summed E-state index contributed by atoms with van der Waals surface area (Å²) in [5.74, 6) is 0.878. The van der Waals surface area contributed by atoms with Crippen LogP contribution < -0.4 is 4.74 Å². The molecular weight excluding hydrogens is 330 g/mol. The van der Waals surface area contributed by atoms with Gasteiger partial charge in [-0.15, -0.1) is 0 Å². The maximum absolute atomic E-state index is 13.1. The van der Waals surface area contributed by atoms with Crippen LogP contribution in [-0.2, 0) is 18.6 Å². The quantitative estimate of drug-likeness (QED) is 0.783. The fraction of sp³-hybridized carbons (Fsp3) is 0.238. The van der Waals surface area contributed by atoms with Crippen LogP contribution in [0.15, 0.2) is 53.1 Å². The Bertz CT molecular complexity index is 1010. The fourth-order valence-electron chi connectivity index (χ4n) is 3.99. The van der Waals surface area contributed by atoms with Crippen molar-refractivity contribution in [3.63, 3.8) is 0 Å². The Labute approximate surface area is 150 Å². The van der Waals surface area contributed by atoms with Gasteiger partial charge in [0.25, 0.3) is 0 Å². The Kier molecular flexibility index (Phi) is 3.27. The van der Waals surface area contributed by atoms with Crippen molar-refractivity contribution in [3.05, 3.63) is 71.0 Å². The highest BCUT2D eigenvalue weighted by molar-refractivity contribution is 6.12. The first-order valence-electron chi connectivity index (χ1n) is 8.75. The van der Waals surface area contributed by atoms with E-state index in [1.807, 2.05) is 36.4 Å². The van der Waals surface area contributed by atoms with Crippen molar-refractivity contribution in [2.45, 2.75) is 31.5 Å². The summed E-state index contributed by atoms with van der Waals surface area (Å²) in [5, 5.41) is 15.3. The second-order valence-electron chi connectivity index (χ2n) is 6.83. The molecule has 0 unspecified atom stereocenters. The molecule has 5 nitrogen and oxygen atoms in total. The molecule has 1 N–H and O–H groups in total. The van der Waals surface area contributed by atoms with Gasteiger partial charge in [-0.3, -0.25) is 4.79 Å². The molecule has 0 radical (unpaired) electrons. The van der Waals surface area contributed by atoms with Gasteiger partial charge in [-0.2, -0.15) is 0 Å². The molecule has 130 valence electrons. The van der Waals surface area contributed by atoms with Crippen LogP contribution in [0, 0.1) is 0 Å². The van der Waals surface area contributed by atoms with E-state index in [4.69, 9.17) is 9.26 Å². The highest BCUT2D eigenvalue weighted by atomic mass is 16.5. The van der Waals surface area contributed by atoms with E-state index in [0.29, 0.717) is 59.8 Å². The van der Waals surface area contributed by atoms with Gasteiger partial charge >= 0.3 is 0 Å². The Morgan fingerprint density at radius 2 is 2.00 bits per heavy atom. The van der Waals surface area contributed by atoms with Crippen LogP contribution in [0.25, 0.3) is 11.3 Å². The number of carbonyl (C=O) groups is 1.